The average Bonchev–Trinajstić information content (AvgIpc) is 2.40. The molecular formula is C13H17N3O2. The van der Waals surface area contributed by atoms with Crippen molar-refractivity contribution < 1.29 is 9.90 Å². The van der Waals surface area contributed by atoms with Gasteiger partial charge in [0.15, 0.2) is 5.82 Å². The van der Waals surface area contributed by atoms with Gasteiger partial charge >= 0.3 is 0 Å². The number of amides is 1. The average molecular weight is 247 g/mol. The highest BCUT2D eigenvalue weighted by molar-refractivity contribution is 5.93. The summed E-state index contributed by atoms with van der Waals surface area (Å²) in [4.78, 5) is 20.0. The molecule has 1 aliphatic carbocycles. The molecule has 1 aromatic rings. The monoisotopic (exact) mass is 247 g/mol. The van der Waals surface area contributed by atoms with Crippen molar-refractivity contribution in [1.29, 1.82) is 0 Å². The van der Waals surface area contributed by atoms with Gasteiger partial charge in [-0.1, -0.05) is 25.8 Å². The summed E-state index contributed by atoms with van der Waals surface area (Å²) in [7, 11) is 0. The number of anilines is 1. The molecule has 0 atom stereocenters. The van der Waals surface area contributed by atoms with E-state index >= 15 is 0 Å². The molecule has 1 fully saturated rings. The smallest absolute Gasteiger partial charge is 0.228 e. The molecule has 96 valence electrons. The molecule has 0 aromatic carbocycles. The van der Waals surface area contributed by atoms with Crippen molar-refractivity contribution in [2.75, 3.05) is 5.32 Å². The van der Waals surface area contributed by atoms with Gasteiger partial charge in [0.1, 0.15) is 11.5 Å². The van der Waals surface area contributed by atoms with E-state index in [-0.39, 0.29) is 29.1 Å². The summed E-state index contributed by atoms with van der Waals surface area (Å²) in [5.74, 6) is 0.0841. The number of rotatable bonds is 3. The Morgan fingerprint density at radius 1 is 1.28 bits per heavy atom. The van der Waals surface area contributed by atoms with Gasteiger partial charge in [0, 0.05) is 18.3 Å². The fourth-order valence-corrected chi connectivity index (χ4v) is 2.22. The maximum Gasteiger partial charge on any atom is 0.228 e. The van der Waals surface area contributed by atoms with Crippen LogP contribution >= 0.6 is 0 Å². The summed E-state index contributed by atoms with van der Waals surface area (Å²) >= 11 is 0. The summed E-state index contributed by atoms with van der Waals surface area (Å²) in [6.45, 7) is 3.41. The number of aromatic nitrogens is 2. The molecular weight excluding hydrogens is 230 g/mol. The van der Waals surface area contributed by atoms with E-state index in [1.165, 1.54) is 18.8 Å². The van der Waals surface area contributed by atoms with Gasteiger partial charge in [0.05, 0.1) is 0 Å². The molecule has 5 nitrogen and oxygen atoms in total. The van der Waals surface area contributed by atoms with E-state index in [9.17, 15) is 9.90 Å². The second-order valence-electron chi connectivity index (χ2n) is 4.52. The molecule has 0 aliphatic heterocycles. The molecule has 18 heavy (non-hydrogen) atoms. The zero-order chi connectivity index (χ0) is 13.0. The Morgan fingerprint density at radius 2 is 1.94 bits per heavy atom. The van der Waals surface area contributed by atoms with Gasteiger partial charge in [0.2, 0.25) is 5.91 Å². The normalized spacial score (nSPS) is 16.2. The van der Waals surface area contributed by atoms with Crippen LogP contribution in [0.4, 0.5) is 5.82 Å². The molecule has 0 unspecified atom stereocenters. The molecule has 0 saturated heterocycles. The quantitative estimate of drug-likeness (QED) is 0.805. The first-order valence-electron chi connectivity index (χ1n) is 6.18. The largest absolute Gasteiger partial charge is 0.506 e. The Morgan fingerprint density at radius 3 is 2.61 bits per heavy atom. The standard InChI is InChI=1S/C13H17N3O2/c1-9(17)11-12(15-8-7-14-11)16-13(18)10-5-3-2-4-6-10/h7-8,10,17H,1-6H2,(H,15,16,18). The number of nitrogens with one attached hydrogen (secondary N) is 1. The fraction of sp³-hybridized carbons (Fsp3) is 0.462. The van der Waals surface area contributed by atoms with E-state index < -0.39 is 0 Å². The Hall–Kier alpha value is -1.91. The molecule has 0 radical (unpaired) electrons. The Labute approximate surface area is 106 Å². The predicted molar refractivity (Wildman–Crippen MR) is 68.9 cm³/mol. The van der Waals surface area contributed by atoms with E-state index in [0.717, 1.165) is 25.7 Å². The number of hydrogen-bond acceptors (Lipinski definition) is 4. The van der Waals surface area contributed by atoms with Crippen molar-refractivity contribution in [2.24, 2.45) is 5.92 Å². The van der Waals surface area contributed by atoms with Crippen LogP contribution in [0.15, 0.2) is 19.0 Å². The van der Waals surface area contributed by atoms with Gasteiger partial charge in [-0.25, -0.2) is 9.97 Å². The molecule has 1 amide bonds. The van der Waals surface area contributed by atoms with Gasteiger partial charge in [-0.05, 0) is 12.8 Å². The molecule has 2 N–H and O–H groups in total. The van der Waals surface area contributed by atoms with Crippen molar-refractivity contribution in [2.45, 2.75) is 32.1 Å². The molecule has 5 heteroatoms. The molecule has 1 aromatic heterocycles. The molecule has 1 aliphatic rings. The lowest BCUT2D eigenvalue weighted by atomic mass is 9.89. The Kier molecular flexibility index (Phi) is 3.92. The van der Waals surface area contributed by atoms with Crippen LogP contribution in [0.2, 0.25) is 0 Å². The van der Waals surface area contributed by atoms with Crippen LogP contribution in [0.25, 0.3) is 5.76 Å². The lowest BCUT2D eigenvalue weighted by Crippen LogP contribution is -2.25. The minimum absolute atomic E-state index is 0.0422. The number of carbonyl (C=O) groups is 1. The van der Waals surface area contributed by atoms with Crippen molar-refractivity contribution >= 4 is 17.5 Å². The SMILES string of the molecule is C=C(O)c1nccnc1NC(=O)C1CCCCC1. The van der Waals surface area contributed by atoms with Gasteiger partial charge in [-0.2, -0.15) is 0 Å². The second-order valence-corrected chi connectivity index (χ2v) is 4.52. The van der Waals surface area contributed by atoms with Crippen LogP contribution in [0.1, 0.15) is 37.8 Å². The number of aliphatic hydroxyl groups excluding tert-OH is 1. The van der Waals surface area contributed by atoms with E-state index in [1.807, 2.05) is 0 Å². The van der Waals surface area contributed by atoms with E-state index in [1.54, 1.807) is 0 Å². The highest BCUT2D eigenvalue weighted by atomic mass is 16.3. The number of hydrogen-bond donors (Lipinski definition) is 2. The maximum absolute atomic E-state index is 12.1. The first-order valence-corrected chi connectivity index (χ1v) is 6.18. The lowest BCUT2D eigenvalue weighted by molar-refractivity contribution is -0.120. The van der Waals surface area contributed by atoms with E-state index in [2.05, 4.69) is 21.9 Å². The molecule has 1 saturated carbocycles. The summed E-state index contributed by atoms with van der Waals surface area (Å²) in [6, 6.07) is 0. The van der Waals surface area contributed by atoms with Crippen LogP contribution in [0.3, 0.4) is 0 Å². The third-order valence-electron chi connectivity index (χ3n) is 3.19. The van der Waals surface area contributed by atoms with Crippen molar-refractivity contribution in [3.05, 3.63) is 24.7 Å². The van der Waals surface area contributed by atoms with Crippen molar-refractivity contribution in [3.63, 3.8) is 0 Å². The van der Waals surface area contributed by atoms with Gasteiger partial charge in [0.25, 0.3) is 0 Å². The number of carbonyl (C=O) groups excluding carboxylic acids is 1. The zero-order valence-corrected chi connectivity index (χ0v) is 10.2. The third-order valence-corrected chi connectivity index (χ3v) is 3.19. The summed E-state index contributed by atoms with van der Waals surface area (Å²) in [6.07, 6.45) is 8.16. The highest BCUT2D eigenvalue weighted by Crippen LogP contribution is 2.25. The van der Waals surface area contributed by atoms with Crippen LogP contribution < -0.4 is 5.32 Å². The summed E-state index contributed by atoms with van der Waals surface area (Å²) < 4.78 is 0. The maximum atomic E-state index is 12.1. The minimum atomic E-state index is -0.193. The highest BCUT2D eigenvalue weighted by Gasteiger charge is 2.22. The fourth-order valence-electron chi connectivity index (χ4n) is 2.22. The Balaban J connectivity index is 2.08. The topological polar surface area (TPSA) is 75.1 Å². The van der Waals surface area contributed by atoms with Gasteiger partial charge < -0.3 is 10.4 Å². The predicted octanol–water partition coefficient (Wildman–Crippen LogP) is 2.52. The first kappa shape index (κ1) is 12.5. The van der Waals surface area contributed by atoms with Crippen molar-refractivity contribution in [3.8, 4) is 0 Å². The number of aliphatic hydroxyl groups is 1. The zero-order valence-electron chi connectivity index (χ0n) is 10.2. The number of nitrogens with zero attached hydrogens (tertiary/aromatic N) is 2. The van der Waals surface area contributed by atoms with Crippen LogP contribution in [-0.2, 0) is 4.79 Å². The van der Waals surface area contributed by atoms with Gasteiger partial charge in [-0.3, -0.25) is 4.79 Å². The minimum Gasteiger partial charge on any atom is -0.506 e. The third kappa shape index (κ3) is 2.85. The van der Waals surface area contributed by atoms with Gasteiger partial charge in [-0.15, -0.1) is 0 Å². The molecule has 0 bridgehead atoms. The van der Waals surface area contributed by atoms with E-state index in [0.29, 0.717) is 0 Å². The van der Waals surface area contributed by atoms with Crippen LogP contribution in [-0.4, -0.2) is 21.0 Å². The molecule has 2 rings (SSSR count). The molecule has 0 spiro atoms. The van der Waals surface area contributed by atoms with Crippen LogP contribution in [0, 0.1) is 5.92 Å². The lowest BCUT2D eigenvalue weighted by Gasteiger charge is -2.20. The first-order chi connectivity index (χ1) is 8.68. The summed E-state index contributed by atoms with van der Waals surface area (Å²) in [5.41, 5.74) is 0.224. The summed E-state index contributed by atoms with van der Waals surface area (Å²) in [5, 5.41) is 12.1. The second kappa shape index (κ2) is 5.62. The van der Waals surface area contributed by atoms with Crippen molar-refractivity contribution in [1.82, 2.24) is 9.97 Å². The van der Waals surface area contributed by atoms with Crippen LogP contribution in [0.5, 0.6) is 0 Å². The Bertz CT molecular complexity index is 453. The molecule has 1 heterocycles. The van der Waals surface area contributed by atoms with E-state index in [4.69, 9.17) is 0 Å².